The van der Waals surface area contributed by atoms with Crippen molar-refractivity contribution in [1.82, 2.24) is 4.90 Å². The van der Waals surface area contributed by atoms with Gasteiger partial charge in [0.05, 0.1) is 11.8 Å². The van der Waals surface area contributed by atoms with E-state index in [2.05, 4.69) is 11.4 Å². The number of carbonyl (C=O) groups excluding carboxylic acids is 1. The number of amides is 1. The number of nitriles is 1. The SMILES string of the molecule is CN(C)C(=O)c1sc(NCC2CCCO2)c(C#N)c1N. The molecule has 0 aromatic carbocycles. The molecule has 2 rings (SSSR count). The number of anilines is 2. The maximum absolute atomic E-state index is 12.0. The number of ether oxygens (including phenoxy) is 1. The first-order valence-corrected chi connectivity index (χ1v) is 7.25. The Hall–Kier alpha value is -1.78. The van der Waals surface area contributed by atoms with Crippen LogP contribution < -0.4 is 11.1 Å². The van der Waals surface area contributed by atoms with Gasteiger partial charge in [0.15, 0.2) is 0 Å². The second-order valence-electron chi connectivity index (χ2n) is 4.88. The van der Waals surface area contributed by atoms with Crippen molar-refractivity contribution in [2.24, 2.45) is 0 Å². The Morgan fingerprint density at radius 2 is 2.40 bits per heavy atom. The van der Waals surface area contributed by atoms with E-state index in [1.807, 2.05) is 0 Å². The molecule has 0 radical (unpaired) electrons. The molecule has 20 heavy (non-hydrogen) atoms. The average molecular weight is 294 g/mol. The minimum Gasteiger partial charge on any atom is -0.396 e. The third-order valence-electron chi connectivity index (χ3n) is 3.17. The highest BCUT2D eigenvalue weighted by atomic mass is 32.1. The van der Waals surface area contributed by atoms with E-state index in [1.165, 1.54) is 16.2 Å². The molecule has 1 aromatic rings. The minimum absolute atomic E-state index is 0.165. The van der Waals surface area contributed by atoms with Crippen LogP contribution in [-0.4, -0.2) is 44.2 Å². The van der Waals surface area contributed by atoms with Crippen LogP contribution in [0.2, 0.25) is 0 Å². The van der Waals surface area contributed by atoms with Gasteiger partial charge in [0.25, 0.3) is 5.91 Å². The summed E-state index contributed by atoms with van der Waals surface area (Å²) in [6.45, 7) is 1.42. The normalized spacial score (nSPS) is 17.8. The van der Waals surface area contributed by atoms with Crippen LogP contribution in [0.1, 0.15) is 28.1 Å². The highest BCUT2D eigenvalue weighted by molar-refractivity contribution is 7.18. The molecule has 0 spiro atoms. The Morgan fingerprint density at radius 1 is 1.65 bits per heavy atom. The van der Waals surface area contributed by atoms with Gasteiger partial charge in [-0.25, -0.2) is 0 Å². The van der Waals surface area contributed by atoms with Crippen LogP contribution in [0, 0.1) is 11.3 Å². The summed E-state index contributed by atoms with van der Waals surface area (Å²) in [5.74, 6) is -0.186. The van der Waals surface area contributed by atoms with Crippen LogP contribution in [0.3, 0.4) is 0 Å². The van der Waals surface area contributed by atoms with Crippen molar-refractivity contribution in [2.75, 3.05) is 38.3 Å². The van der Waals surface area contributed by atoms with Crippen molar-refractivity contribution in [2.45, 2.75) is 18.9 Å². The third-order valence-corrected chi connectivity index (χ3v) is 4.32. The molecule has 1 atom stereocenters. The lowest BCUT2D eigenvalue weighted by molar-refractivity contribution is 0.0833. The van der Waals surface area contributed by atoms with Crippen molar-refractivity contribution < 1.29 is 9.53 Å². The van der Waals surface area contributed by atoms with Crippen molar-refractivity contribution in [3.8, 4) is 6.07 Å². The van der Waals surface area contributed by atoms with Gasteiger partial charge >= 0.3 is 0 Å². The number of hydrogen-bond donors (Lipinski definition) is 2. The van der Waals surface area contributed by atoms with E-state index in [0.717, 1.165) is 19.4 Å². The van der Waals surface area contributed by atoms with Gasteiger partial charge in [-0.1, -0.05) is 0 Å². The predicted molar refractivity (Wildman–Crippen MR) is 78.9 cm³/mol. The molecule has 6 nitrogen and oxygen atoms in total. The van der Waals surface area contributed by atoms with Crippen LogP contribution in [0.15, 0.2) is 0 Å². The molecule has 1 fully saturated rings. The van der Waals surface area contributed by atoms with Gasteiger partial charge in [-0.15, -0.1) is 11.3 Å². The van der Waals surface area contributed by atoms with E-state index in [9.17, 15) is 10.1 Å². The fourth-order valence-corrected chi connectivity index (χ4v) is 3.15. The Bertz CT molecular complexity index is 541. The maximum atomic E-state index is 12.0. The van der Waals surface area contributed by atoms with E-state index >= 15 is 0 Å². The van der Waals surface area contributed by atoms with Crippen molar-refractivity contribution in [1.29, 1.82) is 5.26 Å². The summed E-state index contributed by atoms with van der Waals surface area (Å²) in [5, 5.41) is 13.0. The van der Waals surface area contributed by atoms with Crippen LogP contribution in [-0.2, 0) is 4.74 Å². The van der Waals surface area contributed by atoms with Gasteiger partial charge < -0.3 is 20.7 Å². The van der Waals surface area contributed by atoms with Crippen molar-refractivity contribution in [3.05, 3.63) is 10.4 Å². The van der Waals surface area contributed by atoms with E-state index in [1.54, 1.807) is 14.1 Å². The first-order chi connectivity index (χ1) is 9.54. The zero-order chi connectivity index (χ0) is 14.7. The molecule has 1 saturated heterocycles. The quantitative estimate of drug-likeness (QED) is 0.878. The fraction of sp³-hybridized carbons (Fsp3) is 0.538. The van der Waals surface area contributed by atoms with E-state index in [-0.39, 0.29) is 17.7 Å². The number of nitrogen functional groups attached to an aromatic ring is 1. The summed E-state index contributed by atoms with van der Waals surface area (Å²) in [6.07, 6.45) is 2.24. The Labute approximate surface area is 122 Å². The lowest BCUT2D eigenvalue weighted by Gasteiger charge is -2.10. The number of hydrogen-bond acceptors (Lipinski definition) is 6. The van der Waals surface area contributed by atoms with Gasteiger partial charge in [0, 0.05) is 27.2 Å². The number of rotatable bonds is 4. The predicted octanol–water partition coefficient (Wildman–Crippen LogP) is 1.49. The standard InChI is InChI=1S/C13H18N4O2S/c1-17(2)13(18)11-10(15)9(6-14)12(20-11)16-7-8-4-3-5-19-8/h8,16H,3-5,7,15H2,1-2H3. The summed E-state index contributed by atoms with van der Waals surface area (Å²) in [7, 11) is 3.32. The molecule has 2 heterocycles. The molecule has 0 saturated carbocycles. The lowest BCUT2D eigenvalue weighted by atomic mass is 10.2. The molecule has 1 aliphatic heterocycles. The first kappa shape index (κ1) is 14.6. The molecule has 0 aliphatic carbocycles. The minimum atomic E-state index is -0.186. The van der Waals surface area contributed by atoms with Crippen LogP contribution in [0.25, 0.3) is 0 Å². The Kier molecular flexibility index (Phi) is 4.47. The average Bonchev–Trinajstić information content (AvgIpc) is 3.03. The summed E-state index contributed by atoms with van der Waals surface area (Å²) in [5.41, 5.74) is 6.51. The molecule has 0 bridgehead atoms. The largest absolute Gasteiger partial charge is 0.396 e. The highest BCUT2D eigenvalue weighted by Crippen LogP contribution is 2.35. The molecule has 1 unspecified atom stereocenters. The zero-order valence-electron chi connectivity index (χ0n) is 11.6. The maximum Gasteiger partial charge on any atom is 0.265 e. The molecule has 3 N–H and O–H groups in total. The number of nitrogens with one attached hydrogen (secondary N) is 1. The summed E-state index contributed by atoms with van der Waals surface area (Å²) in [4.78, 5) is 13.9. The van der Waals surface area contributed by atoms with Crippen LogP contribution in [0.5, 0.6) is 0 Å². The number of nitrogens with zero attached hydrogens (tertiary/aromatic N) is 2. The molecule has 7 heteroatoms. The van der Waals surface area contributed by atoms with Gasteiger partial charge in [0.1, 0.15) is 21.5 Å². The third kappa shape index (κ3) is 2.86. The number of thiophene rings is 1. The Morgan fingerprint density at radius 3 is 2.95 bits per heavy atom. The lowest BCUT2D eigenvalue weighted by Crippen LogP contribution is -2.21. The topological polar surface area (TPSA) is 91.4 Å². The van der Waals surface area contributed by atoms with Crippen molar-refractivity contribution in [3.63, 3.8) is 0 Å². The van der Waals surface area contributed by atoms with Crippen LogP contribution >= 0.6 is 11.3 Å². The van der Waals surface area contributed by atoms with Crippen LogP contribution in [0.4, 0.5) is 10.7 Å². The monoisotopic (exact) mass is 294 g/mol. The smallest absolute Gasteiger partial charge is 0.265 e. The molecular weight excluding hydrogens is 276 g/mol. The van der Waals surface area contributed by atoms with E-state index < -0.39 is 0 Å². The van der Waals surface area contributed by atoms with Gasteiger partial charge in [0.2, 0.25) is 0 Å². The second-order valence-corrected chi connectivity index (χ2v) is 5.90. The van der Waals surface area contributed by atoms with E-state index in [4.69, 9.17) is 10.5 Å². The summed E-state index contributed by atoms with van der Waals surface area (Å²) < 4.78 is 5.52. The highest BCUT2D eigenvalue weighted by Gasteiger charge is 2.23. The zero-order valence-corrected chi connectivity index (χ0v) is 12.4. The fourth-order valence-electron chi connectivity index (χ4n) is 2.05. The molecule has 108 valence electrons. The first-order valence-electron chi connectivity index (χ1n) is 6.44. The van der Waals surface area contributed by atoms with Gasteiger partial charge in [-0.2, -0.15) is 5.26 Å². The molecule has 1 amide bonds. The summed E-state index contributed by atoms with van der Waals surface area (Å²) >= 11 is 1.23. The van der Waals surface area contributed by atoms with Gasteiger partial charge in [-0.3, -0.25) is 4.79 Å². The molecule has 1 aromatic heterocycles. The Balaban J connectivity index is 2.17. The number of nitrogens with two attached hydrogens (primary N) is 1. The summed E-state index contributed by atoms with van der Waals surface area (Å²) in [6, 6.07) is 2.06. The van der Waals surface area contributed by atoms with Gasteiger partial charge in [-0.05, 0) is 12.8 Å². The molecular formula is C13H18N4O2S. The molecule has 1 aliphatic rings. The second kappa shape index (κ2) is 6.11. The van der Waals surface area contributed by atoms with Crippen molar-refractivity contribution >= 4 is 27.9 Å². The van der Waals surface area contributed by atoms with E-state index in [0.29, 0.717) is 22.0 Å². The number of carbonyl (C=O) groups is 1.